The molecule has 0 bridgehead atoms. The Morgan fingerprint density at radius 2 is 2.33 bits per heavy atom. The van der Waals surface area contributed by atoms with Crippen molar-refractivity contribution in [1.29, 1.82) is 0 Å². The first-order chi connectivity index (χ1) is 7.20. The van der Waals surface area contributed by atoms with Gasteiger partial charge in [-0.25, -0.2) is 4.98 Å². The first kappa shape index (κ1) is 11.9. The van der Waals surface area contributed by atoms with Gasteiger partial charge in [-0.2, -0.15) is 0 Å². The summed E-state index contributed by atoms with van der Waals surface area (Å²) in [5.74, 6) is 0.602. The number of hydrogen-bond acceptors (Lipinski definition) is 4. The number of nitrogen functional groups attached to an aromatic ring is 1. The number of aryl methyl sites for hydroxylation is 1. The molecule has 4 heteroatoms. The minimum atomic E-state index is 0.207. The molecule has 1 rings (SSSR count). The van der Waals surface area contributed by atoms with Crippen LogP contribution in [-0.2, 0) is 4.74 Å². The molecule has 0 spiro atoms. The molecule has 0 saturated carbocycles. The Balaban J connectivity index is 2.90. The molecule has 0 aromatic carbocycles. The molecule has 0 amide bonds. The molecule has 0 aliphatic heterocycles. The van der Waals surface area contributed by atoms with Crippen LogP contribution in [-0.4, -0.2) is 25.7 Å². The lowest BCUT2D eigenvalue weighted by Crippen LogP contribution is -2.21. The van der Waals surface area contributed by atoms with Gasteiger partial charge in [-0.05, 0) is 32.0 Å². The quantitative estimate of drug-likeness (QED) is 0.766. The van der Waals surface area contributed by atoms with Crippen molar-refractivity contribution in [2.24, 2.45) is 0 Å². The highest BCUT2D eigenvalue weighted by atomic mass is 16.5. The van der Waals surface area contributed by atoms with Crippen molar-refractivity contribution in [3.63, 3.8) is 0 Å². The molecule has 1 unspecified atom stereocenters. The minimum Gasteiger partial charge on any atom is -0.385 e. The van der Waals surface area contributed by atoms with E-state index in [1.54, 1.807) is 13.3 Å². The fraction of sp³-hybridized carbons (Fsp3) is 0.545. The normalized spacial score (nSPS) is 12.7. The van der Waals surface area contributed by atoms with Crippen molar-refractivity contribution >= 4 is 5.82 Å². The van der Waals surface area contributed by atoms with Crippen LogP contribution in [0, 0.1) is 6.92 Å². The average molecular weight is 209 g/mol. The third kappa shape index (κ3) is 2.91. The Kier molecular flexibility index (Phi) is 4.52. The number of hydrogen-bond donors (Lipinski definition) is 2. The van der Waals surface area contributed by atoms with Gasteiger partial charge in [0.05, 0.1) is 0 Å². The van der Waals surface area contributed by atoms with Crippen LogP contribution in [0.4, 0.5) is 5.82 Å². The van der Waals surface area contributed by atoms with Crippen molar-refractivity contribution in [1.82, 2.24) is 10.3 Å². The molecule has 1 heterocycles. The van der Waals surface area contributed by atoms with Crippen LogP contribution in [0.1, 0.15) is 23.6 Å². The van der Waals surface area contributed by atoms with Gasteiger partial charge in [0, 0.05) is 31.5 Å². The standard InChI is InChI=1S/C11H19N3O/c1-8-4-6-14-11(12)10(8)9(13-2)5-7-15-3/h4,6,9,13H,5,7H2,1-3H3,(H2,12,14). The number of ether oxygens (including phenoxy) is 1. The maximum Gasteiger partial charge on any atom is 0.128 e. The lowest BCUT2D eigenvalue weighted by molar-refractivity contribution is 0.184. The third-order valence-electron chi connectivity index (χ3n) is 2.55. The molecular weight excluding hydrogens is 190 g/mol. The zero-order chi connectivity index (χ0) is 11.3. The summed E-state index contributed by atoms with van der Waals surface area (Å²) in [7, 11) is 3.62. The largest absolute Gasteiger partial charge is 0.385 e. The van der Waals surface area contributed by atoms with E-state index in [9.17, 15) is 0 Å². The van der Waals surface area contributed by atoms with Crippen molar-refractivity contribution in [2.45, 2.75) is 19.4 Å². The van der Waals surface area contributed by atoms with E-state index in [0.29, 0.717) is 12.4 Å². The van der Waals surface area contributed by atoms with Crippen LogP contribution in [0.5, 0.6) is 0 Å². The molecule has 1 atom stereocenters. The van der Waals surface area contributed by atoms with E-state index in [2.05, 4.69) is 10.3 Å². The molecule has 1 aromatic rings. The molecule has 0 fully saturated rings. The van der Waals surface area contributed by atoms with E-state index in [1.165, 1.54) is 0 Å². The second-order valence-corrected chi connectivity index (χ2v) is 3.55. The van der Waals surface area contributed by atoms with Gasteiger partial charge in [0.2, 0.25) is 0 Å². The van der Waals surface area contributed by atoms with Crippen LogP contribution in [0.15, 0.2) is 12.3 Å². The van der Waals surface area contributed by atoms with Gasteiger partial charge in [-0.3, -0.25) is 0 Å². The van der Waals surface area contributed by atoms with E-state index in [0.717, 1.165) is 17.5 Å². The van der Waals surface area contributed by atoms with Crippen LogP contribution in [0.2, 0.25) is 0 Å². The molecule has 0 aliphatic rings. The monoisotopic (exact) mass is 209 g/mol. The van der Waals surface area contributed by atoms with E-state index in [1.807, 2.05) is 20.0 Å². The van der Waals surface area contributed by atoms with Crippen molar-refractivity contribution < 1.29 is 4.74 Å². The maximum absolute atomic E-state index is 5.88. The van der Waals surface area contributed by atoms with Gasteiger partial charge in [-0.15, -0.1) is 0 Å². The summed E-state index contributed by atoms with van der Waals surface area (Å²) in [4.78, 5) is 4.11. The number of pyridine rings is 1. The summed E-state index contributed by atoms with van der Waals surface area (Å²) in [6, 6.07) is 2.18. The summed E-state index contributed by atoms with van der Waals surface area (Å²) in [5, 5.41) is 3.23. The van der Waals surface area contributed by atoms with E-state index >= 15 is 0 Å². The number of nitrogens with zero attached hydrogens (tertiary/aromatic N) is 1. The van der Waals surface area contributed by atoms with Crippen molar-refractivity contribution in [3.05, 3.63) is 23.4 Å². The molecule has 1 aromatic heterocycles. The molecule has 3 N–H and O–H groups in total. The Bertz CT molecular complexity index is 294. The van der Waals surface area contributed by atoms with Gasteiger partial charge >= 0.3 is 0 Å². The summed E-state index contributed by atoms with van der Waals surface area (Å²) in [5.41, 5.74) is 8.12. The Hall–Kier alpha value is -1.13. The summed E-state index contributed by atoms with van der Waals surface area (Å²) < 4.78 is 5.07. The van der Waals surface area contributed by atoms with Crippen molar-refractivity contribution in [3.8, 4) is 0 Å². The van der Waals surface area contributed by atoms with Crippen LogP contribution in [0.3, 0.4) is 0 Å². The third-order valence-corrected chi connectivity index (χ3v) is 2.55. The summed E-state index contributed by atoms with van der Waals surface area (Å²) in [6.45, 7) is 2.75. The smallest absolute Gasteiger partial charge is 0.128 e. The molecule has 15 heavy (non-hydrogen) atoms. The first-order valence-corrected chi connectivity index (χ1v) is 5.08. The zero-order valence-corrected chi connectivity index (χ0v) is 9.58. The number of nitrogens with one attached hydrogen (secondary N) is 1. The van der Waals surface area contributed by atoms with E-state index < -0.39 is 0 Å². The number of nitrogens with two attached hydrogens (primary N) is 1. The second kappa shape index (κ2) is 5.68. The van der Waals surface area contributed by atoms with Gasteiger partial charge < -0.3 is 15.8 Å². The number of methoxy groups -OCH3 is 1. The van der Waals surface area contributed by atoms with Gasteiger partial charge in [0.1, 0.15) is 5.82 Å². The topological polar surface area (TPSA) is 60.2 Å². The zero-order valence-electron chi connectivity index (χ0n) is 9.58. The molecule has 0 aliphatic carbocycles. The van der Waals surface area contributed by atoms with Gasteiger partial charge in [0.25, 0.3) is 0 Å². The van der Waals surface area contributed by atoms with E-state index in [4.69, 9.17) is 10.5 Å². The van der Waals surface area contributed by atoms with Crippen LogP contribution in [0.25, 0.3) is 0 Å². The highest BCUT2D eigenvalue weighted by Crippen LogP contribution is 2.24. The second-order valence-electron chi connectivity index (χ2n) is 3.55. The fourth-order valence-electron chi connectivity index (χ4n) is 1.71. The molecule has 0 saturated heterocycles. The highest BCUT2D eigenvalue weighted by molar-refractivity contribution is 5.46. The van der Waals surface area contributed by atoms with Gasteiger partial charge in [-0.1, -0.05) is 0 Å². The molecule has 84 valence electrons. The van der Waals surface area contributed by atoms with Gasteiger partial charge in [0.15, 0.2) is 0 Å². The maximum atomic E-state index is 5.88. The lowest BCUT2D eigenvalue weighted by atomic mass is 10.0. The minimum absolute atomic E-state index is 0.207. The summed E-state index contributed by atoms with van der Waals surface area (Å²) in [6.07, 6.45) is 2.63. The van der Waals surface area contributed by atoms with E-state index in [-0.39, 0.29) is 6.04 Å². The fourth-order valence-corrected chi connectivity index (χ4v) is 1.71. The van der Waals surface area contributed by atoms with Crippen molar-refractivity contribution in [2.75, 3.05) is 26.5 Å². The predicted molar refractivity (Wildman–Crippen MR) is 61.7 cm³/mol. The Labute approximate surface area is 90.8 Å². The lowest BCUT2D eigenvalue weighted by Gasteiger charge is -2.19. The number of aromatic nitrogens is 1. The Morgan fingerprint density at radius 1 is 1.60 bits per heavy atom. The molecular formula is C11H19N3O. The summed E-state index contributed by atoms with van der Waals surface area (Å²) >= 11 is 0. The highest BCUT2D eigenvalue weighted by Gasteiger charge is 2.15. The SMILES string of the molecule is CNC(CCOC)c1c(C)ccnc1N. The first-order valence-electron chi connectivity index (χ1n) is 5.08. The Morgan fingerprint density at radius 3 is 2.87 bits per heavy atom. The number of rotatable bonds is 5. The van der Waals surface area contributed by atoms with Crippen LogP contribution >= 0.6 is 0 Å². The predicted octanol–water partition coefficient (Wildman–Crippen LogP) is 1.27. The average Bonchev–Trinajstić information content (AvgIpc) is 2.22. The number of anilines is 1. The molecule has 0 radical (unpaired) electrons. The van der Waals surface area contributed by atoms with Crippen LogP contribution < -0.4 is 11.1 Å². The molecule has 4 nitrogen and oxygen atoms in total.